The van der Waals surface area contributed by atoms with Crippen LogP contribution in [0.25, 0.3) is 0 Å². The lowest BCUT2D eigenvalue weighted by molar-refractivity contribution is -0.459. The molecule has 7 heteroatoms. The third-order valence-electron chi connectivity index (χ3n) is 3.12. The summed E-state index contributed by atoms with van der Waals surface area (Å²) in [5, 5.41) is 9.13. The number of carbonyl (C=O) groups excluding carboxylic acids is 2. The Balaban J connectivity index is 2.52. The molecule has 1 aromatic rings. The summed E-state index contributed by atoms with van der Waals surface area (Å²) in [7, 11) is 0. The summed E-state index contributed by atoms with van der Waals surface area (Å²) < 4.78 is 14.1. The Kier molecular flexibility index (Phi) is 3.84. The number of anilines is 1. The van der Waals surface area contributed by atoms with Crippen LogP contribution in [-0.4, -0.2) is 39.8 Å². The van der Waals surface area contributed by atoms with Crippen molar-refractivity contribution in [2.75, 3.05) is 4.90 Å². The maximum Gasteiger partial charge on any atom is 0.505 e. The summed E-state index contributed by atoms with van der Waals surface area (Å²) in [6, 6.07) is 3.75. The topological polar surface area (TPSA) is 77.7 Å². The molecular formula is C14H14FN2O4+. The van der Waals surface area contributed by atoms with Gasteiger partial charge in [0, 0.05) is 0 Å². The van der Waals surface area contributed by atoms with Crippen LogP contribution in [0.5, 0.6) is 0 Å². The summed E-state index contributed by atoms with van der Waals surface area (Å²) in [6.45, 7) is 3.40. The number of carboxylic acids is 1. The van der Waals surface area contributed by atoms with E-state index in [0.29, 0.717) is 0 Å². The van der Waals surface area contributed by atoms with Crippen molar-refractivity contribution >= 4 is 29.8 Å². The van der Waals surface area contributed by atoms with E-state index in [9.17, 15) is 18.8 Å². The van der Waals surface area contributed by atoms with Gasteiger partial charge in [-0.2, -0.15) is 9.37 Å². The Labute approximate surface area is 120 Å². The molecule has 0 bridgehead atoms. The SMILES string of the molecule is CC(C)[N+]1=CC(C(=O)O)C(=O)N(c2ccc(F)cc2)C1=O. The van der Waals surface area contributed by atoms with Crippen LogP contribution in [0.1, 0.15) is 13.8 Å². The van der Waals surface area contributed by atoms with Crippen molar-refractivity contribution in [3.63, 3.8) is 0 Å². The number of hydrogen-bond donors (Lipinski definition) is 1. The average molecular weight is 293 g/mol. The maximum absolute atomic E-state index is 13.0. The zero-order valence-corrected chi connectivity index (χ0v) is 11.5. The quantitative estimate of drug-likeness (QED) is 0.676. The zero-order chi connectivity index (χ0) is 15.7. The number of benzene rings is 1. The van der Waals surface area contributed by atoms with E-state index in [1.165, 1.54) is 16.7 Å². The predicted octanol–water partition coefficient (Wildman–Crippen LogP) is 1.48. The summed E-state index contributed by atoms with van der Waals surface area (Å²) >= 11 is 0. The minimum absolute atomic E-state index is 0.136. The van der Waals surface area contributed by atoms with Gasteiger partial charge in [0.15, 0.2) is 0 Å². The molecule has 1 heterocycles. The fourth-order valence-electron chi connectivity index (χ4n) is 2.03. The van der Waals surface area contributed by atoms with Crippen molar-refractivity contribution < 1.29 is 28.5 Å². The van der Waals surface area contributed by atoms with Crippen molar-refractivity contribution in [1.29, 1.82) is 0 Å². The Morgan fingerprint density at radius 1 is 1.29 bits per heavy atom. The van der Waals surface area contributed by atoms with Crippen molar-refractivity contribution in [3.05, 3.63) is 30.1 Å². The molecule has 1 unspecified atom stereocenters. The summed E-state index contributed by atoms with van der Waals surface area (Å²) in [5.41, 5.74) is 0.136. The first-order valence-electron chi connectivity index (χ1n) is 6.32. The fraction of sp³-hybridized carbons (Fsp3) is 0.286. The highest BCUT2D eigenvalue weighted by molar-refractivity contribution is 6.25. The molecule has 3 amide bonds. The normalized spacial score (nSPS) is 19.0. The van der Waals surface area contributed by atoms with Crippen molar-refractivity contribution in [2.24, 2.45) is 5.92 Å². The van der Waals surface area contributed by atoms with Crippen LogP contribution in [-0.2, 0) is 9.59 Å². The first-order chi connectivity index (χ1) is 9.82. The van der Waals surface area contributed by atoms with Gasteiger partial charge in [0.05, 0.1) is 12.3 Å². The second kappa shape index (κ2) is 5.43. The second-order valence-electron chi connectivity index (χ2n) is 4.90. The van der Waals surface area contributed by atoms with E-state index < -0.39 is 29.6 Å². The van der Waals surface area contributed by atoms with Gasteiger partial charge in [-0.05, 0) is 38.1 Å². The van der Waals surface area contributed by atoms with Crippen LogP contribution in [0.15, 0.2) is 24.3 Å². The largest absolute Gasteiger partial charge is 0.505 e. The molecule has 0 fully saturated rings. The highest BCUT2D eigenvalue weighted by Crippen LogP contribution is 2.21. The first kappa shape index (κ1) is 14.8. The lowest BCUT2D eigenvalue weighted by Gasteiger charge is -2.23. The molecule has 0 radical (unpaired) electrons. The van der Waals surface area contributed by atoms with Crippen LogP contribution in [0.2, 0.25) is 0 Å². The summed E-state index contributed by atoms with van der Waals surface area (Å²) in [5.74, 6) is -4.17. The van der Waals surface area contributed by atoms with Gasteiger partial charge in [-0.25, -0.2) is 9.18 Å². The van der Waals surface area contributed by atoms with Gasteiger partial charge in [-0.3, -0.25) is 4.79 Å². The van der Waals surface area contributed by atoms with E-state index in [0.717, 1.165) is 23.2 Å². The number of rotatable bonds is 3. The molecule has 1 aromatic carbocycles. The van der Waals surface area contributed by atoms with Crippen molar-refractivity contribution in [3.8, 4) is 0 Å². The number of urea groups is 1. The molecule has 0 aromatic heterocycles. The first-order valence-corrected chi connectivity index (χ1v) is 6.32. The average Bonchev–Trinajstić information content (AvgIpc) is 2.40. The van der Waals surface area contributed by atoms with Crippen molar-refractivity contribution in [2.45, 2.75) is 19.9 Å². The number of amides is 3. The standard InChI is InChI=1S/C14H13FN2O4/c1-8(2)16-7-11(13(19)20)12(18)17(14(16)21)10-5-3-9(15)4-6-10/h3-8,11H,1-2H3/p+1. The lowest BCUT2D eigenvalue weighted by Crippen LogP contribution is -2.55. The monoisotopic (exact) mass is 293 g/mol. The van der Waals surface area contributed by atoms with Crippen molar-refractivity contribution in [1.82, 2.24) is 0 Å². The smallest absolute Gasteiger partial charge is 0.480 e. The molecule has 2 rings (SSSR count). The van der Waals surface area contributed by atoms with Gasteiger partial charge in [0.1, 0.15) is 11.5 Å². The minimum Gasteiger partial charge on any atom is -0.480 e. The maximum atomic E-state index is 13.0. The predicted molar refractivity (Wildman–Crippen MR) is 71.9 cm³/mol. The Morgan fingerprint density at radius 2 is 1.86 bits per heavy atom. The van der Waals surface area contributed by atoms with Gasteiger partial charge in [-0.15, -0.1) is 4.90 Å². The molecule has 0 saturated carbocycles. The molecule has 0 aliphatic carbocycles. The van der Waals surface area contributed by atoms with E-state index in [1.54, 1.807) is 13.8 Å². The Hall–Kier alpha value is -2.57. The lowest BCUT2D eigenvalue weighted by atomic mass is 10.1. The van der Waals surface area contributed by atoms with Gasteiger partial charge in [0.25, 0.3) is 0 Å². The third kappa shape index (κ3) is 2.67. The molecule has 21 heavy (non-hydrogen) atoms. The molecule has 110 valence electrons. The van der Waals surface area contributed by atoms with Gasteiger partial charge >= 0.3 is 17.9 Å². The van der Waals surface area contributed by atoms with Gasteiger partial charge < -0.3 is 5.11 Å². The molecule has 6 nitrogen and oxygen atoms in total. The third-order valence-corrected chi connectivity index (χ3v) is 3.12. The fourth-order valence-corrected chi connectivity index (χ4v) is 2.03. The zero-order valence-electron chi connectivity index (χ0n) is 11.5. The van der Waals surface area contributed by atoms with E-state index >= 15 is 0 Å². The number of imide groups is 1. The number of carbonyl (C=O) groups is 3. The van der Waals surface area contributed by atoms with Crippen LogP contribution in [0, 0.1) is 11.7 Å². The highest BCUT2D eigenvalue weighted by atomic mass is 19.1. The number of hydrogen-bond acceptors (Lipinski definition) is 3. The van der Waals surface area contributed by atoms with Gasteiger partial charge in [0.2, 0.25) is 5.92 Å². The molecule has 1 N–H and O–H groups in total. The molecule has 0 saturated heterocycles. The van der Waals surface area contributed by atoms with E-state index in [1.807, 2.05) is 0 Å². The minimum atomic E-state index is -1.45. The summed E-state index contributed by atoms with van der Waals surface area (Å²) in [6.07, 6.45) is 1.11. The van der Waals surface area contributed by atoms with Crippen LogP contribution < -0.4 is 4.90 Å². The highest BCUT2D eigenvalue weighted by Gasteiger charge is 2.48. The van der Waals surface area contributed by atoms with Gasteiger partial charge in [-0.1, -0.05) is 0 Å². The van der Waals surface area contributed by atoms with Crippen LogP contribution in [0.3, 0.4) is 0 Å². The number of carboxylic acid groups (broad SMARTS) is 1. The molecule has 1 aliphatic rings. The summed E-state index contributed by atoms with van der Waals surface area (Å²) in [4.78, 5) is 36.5. The number of nitrogens with zero attached hydrogens (tertiary/aromatic N) is 2. The molecular weight excluding hydrogens is 279 g/mol. The Bertz CT molecular complexity index is 637. The number of aliphatic carboxylic acids is 1. The van der Waals surface area contributed by atoms with E-state index in [4.69, 9.17) is 5.11 Å². The van der Waals surface area contributed by atoms with E-state index in [2.05, 4.69) is 0 Å². The Morgan fingerprint density at radius 3 is 2.33 bits per heavy atom. The van der Waals surface area contributed by atoms with Crippen LogP contribution in [0.4, 0.5) is 14.9 Å². The van der Waals surface area contributed by atoms with E-state index in [-0.39, 0.29) is 11.7 Å². The second-order valence-corrected chi connectivity index (χ2v) is 4.90. The number of halogens is 1. The van der Waals surface area contributed by atoms with Crippen LogP contribution >= 0.6 is 0 Å². The molecule has 1 aliphatic heterocycles. The molecule has 1 atom stereocenters. The molecule has 0 spiro atoms.